The van der Waals surface area contributed by atoms with Crippen molar-refractivity contribution in [3.05, 3.63) is 30.1 Å². The summed E-state index contributed by atoms with van der Waals surface area (Å²) >= 11 is 0. The molecule has 0 amide bonds. The standard InChI is InChI=1S/C9H13N3/c10-9(4-6-11-7-9)8-3-1-2-5-12-8/h1-3,5,11H,4,6-7,10H2. The molecule has 0 aromatic carbocycles. The number of nitrogens with two attached hydrogens (primary N) is 1. The average Bonchev–Trinajstić information content (AvgIpc) is 2.55. The van der Waals surface area contributed by atoms with Gasteiger partial charge in [0.05, 0.1) is 11.2 Å². The molecule has 1 aromatic rings. The van der Waals surface area contributed by atoms with Gasteiger partial charge in [0.25, 0.3) is 0 Å². The monoisotopic (exact) mass is 163 g/mol. The van der Waals surface area contributed by atoms with Crippen LogP contribution in [0.15, 0.2) is 24.4 Å². The molecular weight excluding hydrogens is 150 g/mol. The van der Waals surface area contributed by atoms with Crippen LogP contribution in [-0.2, 0) is 5.54 Å². The molecule has 0 spiro atoms. The molecule has 1 unspecified atom stereocenters. The normalized spacial score (nSPS) is 29.1. The predicted molar refractivity (Wildman–Crippen MR) is 47.6 cm³/mol. The minimum atomic E-state index is -0.235. The molecule has 3 nitrogen and oxygen atoms in total. The van der Waals surface area contributed by atoms with Crippen LogP contribution < -0.4 is 11.1 Å². The molecule has 1 aliphatic heterocycles. The Kier molecular flexibility index (Phi) is 1.83. The molecule has 0 aliphatic carbocycles. The van der Waals surface area contributed by atoms with Crippen molar-refractivity contribution in [2.45, 2.75) is 12.0 Å². The molecular formula is C9H13N3. The molecule has 1 saturated heterocycles. The summed E-state index contributed by atoms with van der Waals surface area (Å²) in [6, 6.07) is 5.89. The molecule has 1 aromatic heterocycles. The van der Waals surface area contributed by atoms with Crippen molar-refractivity contribution in [1.82, 2.24) is 10.3 Å². The molecule has 3 N–H and O–H groups in total. The minimum absolute atomic E-state index is 0.235. The largest absolute Gasteiger partial charge is 0.319 e. The SMILES string of the molecule is NC1(c2ccccn2)CCNC1. The summed E-state index contributed by atoms with van der Waals surface area (Å²) in [5.41, 5.74) is 6.92. The fraction of sp³-hybridized carbons (Fsp3) is 0.444. The van der Waals surface area contributed by atoms with Crippen LogP contribution in [0.25, 0.3) is 0 Å². The molecule has 3 heteroatoms. The van der Waals surface area contributed by atoms with Gasteiger partial charge in [-0.1, -0.05) is 6.07 Å². The molecule has 2 heterocycles. The van der Waals surface area contributed by atoms with E-state index in [1.807, 2.05) is 18.2 Å². The fourth-order valence-electron chi connectivity index (χ4n) is 1.59. The molecule has 2 rings (SSSR count). The summed E-state index contributed by atoms with van der Waals surface area (Å²) in [7, 11) is 0. The predicted octanol–water partition coefficient (Wildman–Crippen LogP) is 0.229. The van der Waals surface area contributed by atoms with Crippen LogP contribution in [0.3, 0.4) is 0 Å². The fourth-order valence-corrected chi connectivity index (χ4v) is 1.59. The second-order valence-corrected chi connectivity index (χ2v) is 3.30. The van der Waals surface area contributed by atoms with Gasteiger partial charge in [-0.2, -0.15) is 0 Å². The summed E-state index contributed by atoms with van der Waals surface area (Å²) in [5.74, 6) is 0. The van der Waals surface area contributed by atoms with Crippen molar-refractivity contribution in [2.75, 3.05) is 13.1 Å². The lowest BCUT2D eigenvalue weighted by Gasteiger charge is -2.21. The lowest BCUT2D eigenvalue weighted by Crippen LogP contribution is -2.39. The van der Waals surface area contributed by atoms with E-state index in [9.17, 15) is 0 Å². The highest BCUT2D eigenvalue weighted by atomic mass is 15.0. The van der Waals surface area contributed by atoms with E-state index in [2.05, 4.69) is 10.3 Å². The Labute approximate surface area is 72.0 Å². The van der Waals surface area contributed by atoms with Crippen LogP contribution in [0.4, 0.5) is 0 Å². The maximum atomic E-state index is 6.16. The topological polar surface area (TPSA) is 50.9 Å². The van der Waals surface area contributed by atoms with Gasteiger partial charge in [-0.3, -0.25) is 4.98 Å². The summed E-state index contributed by atoms with van der Waals surface area (Å²) < 4.78 is 0. The van der Waals surface area contributed by atoms with Crippen LogP contribution in [0.1, 0.15) is 12.1 Å². The first kappa shape index (κ1) is 7.71. The van der Waals surface area contributed by atoms with Crippen molar-refractivity contribution in [3.63, 3.8) is 0 Å². The van der Waals surface area contributed by atoms with Crippen molar-refractivity contribution in [1.29, 1.82) is 0 Å². The van der Waals surface area contributed by atoms with Gasteiger partial charge in [0.1, 0.15) is 0 Å². The third kappa shape index (κ3) is 1.21. The second-order valence-electron chi connectivity index (χ2n) is 3.30. The first-order valence-corrected chi connectivity index (χ1v) is 4.22. The van der Waals surface area contributed by atoms with E-state index >= 15 is 0 Å². The number of hydrogen-bond acceptors (Lipinski definition) is 3. The Morgan fingerprint density at radius 2 is 2.42 bits per heavy atom. The van der Waals surface area contributed by atoms with E-state index in [-0.39, 0.29) is 5.54 Å². The molecule has 0 saturated carbocycles. The minimum Gasteiger partial charge on any atom is -0.319 e. The van der Waals surface area contributed by atoms with Crippen molar-refractivity contribution in [2.24, 2.45) is 5.73 Å². The van der Waals surface area contributed by atoms with E-state index in [0.29, 0.717) is 0 Å². The van der Waals surface area contributed by atoms with Crippen molar-refractivity contribution >= 4 is 0 Å². The number of rotatable bonds is 1. The Morgan fingerprint density at radius 1 is 1.50 bits per heavy atom. The quantitative estimate of drug-likeness (QED) is 0.623. The third-order valence-electron chi connectivity index (χ3n) is 2.36. The lowest BCUT2D eigenvalue weighted by atomic mass is 9.95. The van der Waals surface area contributed by atoms with Gasteiger partial charge in [-0.15, -0.1) is 0 Å². The van der Waals surface area contributed by atoms with Gasteiger partial charge in [0.15, 0.2) is 0 Å². The Bertz CT molecular complexity index is 252. The van der Waals surface area contributed by atoms with Crippen LogP contribution in [0.2, 0.25) is 0 Å². The van der Waals surface area contributed by atoms with Crippen LogP contribution >= 0.6 is 0 Å². The van der Waals surface area contributed by atoms with Gasteiger partial charge >= 0.3 is 0 Å². The van der Waals surface area contributed by atoms with Gasteiger partial charge in [-0.25, -0.2) is 0 Å². The molecule has 0 radical (unpaired) electrons. The van der Waals surface area contributed by atoms with E-state index in [1.165, 1.54) is 0 Å². The number of pyridine rings is 1. The van der Waals surface area contributed by atoms with E-state index < -0.39 is 0 Å². The first-order chi connectivity index (χ1) is 5.81. The van der Waals surface area contributed by atoms with Gasteiger partial charge in [-0.05, 0) is 25.1 Å². The smallest absolute Gasteiger partial charge is 0.0721 e. The van der Waals surface area contributed by atoms with E-state index in [4.69, 9.17) is 5.73 Å². The Morgan fingerprint density at radius 3 is 3.00 bits per heavy atom. The molecule has 1 fully saturated rings. The summed E-state index contributed by atoms with van der Waals surface area (Å²) in [6.45, 7) is 1.83. The van der Waals surface area contributed by atoms with Gasteiger partial charge < -0.3 is 11.1 Å². The second kappa shape index (κ2) is 2.84. The zero-order valence-corrected chi connectivity index (χ0v) is 6.96. The van der Waals surface area contributed by atoms with Crippen molar-refractivity contribution in [3.8, 4) is 0 Å². The highest BCUT2D eigenvalue weighted by Gasteiger charge is 2.31. The number of aromatic nitrogens is 1. The number of nitrogens with zero attached hydrogens (tertiary/aromatic N) is 1. The van der Waals surface area contributed by atoms with E-state index in [0.717, 1.165) is 25.2 Å². The Balaban J connectivity index is 2.29. The van der Waals surface area contributed by atoms with Gasteiger partial charge in [0, 0.05) is 12.7 Å². The molecule has 1 atom stereocenters. The average molecular weight is 163 g/mol. The van der Waals surface area contributed by atoms with Crippen LogP contribution in [0.5, 0.6) is 0 Å². The summed E-state index contributed by atoms with van der Waals surface area (Å²) in [5, 5.41) is 3.25. The molecule has 1 aliphatic rings. The highest BCUT2D eigenvalue weighted by Crippen LogP contribution is 2.22. The maximum Gasteiger partial charge on any atom is 0.0721 e. The van der Waals surface area contributed by atoms with Gasteiger partial charge in [0.2, 0.25) is 0 Å². The zero-order chi connectivity index (χ0) is 8.44. The summed E-state index contributed by atoms with van der Waals surface area (Å²) in [6.07, 6.45) is 2.77. The molecule has 0 bridgehead atoms. The maximum absolute atomic E-state index is 6.16. The molecule has 12 heavy (non-hydrogen) atoms. The number of nitrogens with one attached hydrogen (secondary N) is 1. The first-order valence-electron chi connectivity index (χ1n) is 4.22. The van der Waals surface area contributed by atoms with E-state index in [1.54, 1.807) is 6.20 Å². The molecule has 64 valence electrons. The lowest BCUT2D eigenvalue weighted by molar-refractivity contribution is 0.478. The highest BCUT2D eigenvalue weighted by molar-refractivity contribution is 5.17. The summed E-state index contributed by atoms with van der Waals surface area (Å²) in [4.78, 5) is 4.27. The number of hydrogen-bond donors (Lipinski definition) is 2. The van der Waals surface area contributed by atoms with Crippen molar-refractivity contribution < 1.29 is 0 Å². The Hall–Kier alpha value is -0.930. The van der Waals surface area contributed by atoms with Crippen LogP contribution in [-0.4, -0.2) is 18.1 Å². The van der Waals surface area contributed by atoms with Crippen LogP contribution in [0, 0.1) is 0 Å². The third-order valence-corrected chi connectivity index (χ3v) is 2.36. The zero-order valence-electron chi connectivity index (χ0n) is 6.96.